The van der Waals surface area contributed by atoms with Crippen molar-refractivity contribution in [2.75, 3.05) is 25.3 Å². The van der Waals surface area contributed by atoms with Gasteiger partial charge >= 0.3 is 0 Å². The molecule has 0 N–H and O–H groups in total. The zero-order valence-electron chi connectivity index (χ0n) is 17.4. The third-order valence-corrected chi connectivity index (χ3v) is 7.83. The van der Waals surface area contributed by atoms with Crippen molar-refractivity contribution in [3.63, 3.8) is 0 Å². The molecule has 1 fully saturated rings. The fourth-order valence-electron chi connectivity index (χ4n) is 4.45. The number of carbonyl (C=O) groups excluding carboxylic acids is 1. The Labute approximate surface area is 181 Å². The van der Waals surface area contributed by atoms with Crippen LogP contribution in [0.25, 0.3) is 6.08 Å². The third kappa shape index (κ3) is 3.59. The van der Waals surface area contributed by atoms with Crippen LogP contribution >= 0.6 is 0 Å². The molecule has 0 unspecified atom stereocenters. The monoisotopic (exact) mass is 441 g/mol. The molecule has 8 heteroatoms. The van der Waals surface area contributed by atoms with E-state index in [-0.39, 0.29) is 29.1 Å². The lowest BCUT2D eigenvalue weighted by Gasteiger charge is -2.33. The summed E-state index contributed by atoms with van der Waals surface area (Å²) in [6.07, 6.45) is 2.32. The highest BCUT2D eigenvalue weighted by molar-refractivity contribution is 7.91. The number of methoxy groups -OCH3 is 1. The van der Waals surface area contributed by atoms with Gasteiger partial charge in [0.15, 0.2) is 15.6 Å². The Kier molecular flexibility index (Phi) is 4.79. The zero-order chi connectivity index (χ0) is 21.8. The molecule has 3 aliphatic rings. The number of Topliss-reactive ketones (excluding diaryl/α,β-unsaturated/α-hetero) is 1. The van der Waals surface area contributed by atoms with Gasteiger partial charge in [-0.2, -0.15) is 0 Å². The number of ether oxygens (including phenoxy) is 3. The van der Waals surface area contributed by atoms with Crippen LogP contribution in [0, 0.1) is 6.92 Å². The van der Waals surface area contributed by atoms with E-state index in [0.717, 1.165) is 16.7 Å². The second kappa shape index (κ2) is 7.39. The molecule has 0 aliphatic carbocycles. The number of rotatable bonds is 3. The maximum absolute atomic E-state index is 13.1. The van der Waals surface area contributed by atoms with Crippen molar-refractivity contribution in [3.8, 4) is 17.2 Å². The first-order valence-corrected chi connectivity index (χ1v) is 12.0. The van der Waals surface area contributed by atoms with E-state index >= 15 is 0 Å². The van der Waals surface area contributed by atoms with Gasteiger partial charge in [-0.1, -0.05) is 12.1 Å². The molecular weight excluding hydrogens is 418 g/mol. The number of allylic oxidation sites excluding steroid dienone is 1. The normalized spacial score (nSPS) is 23.2. The van der Waals surface area contributed by atoms with Crippen molar-refractivity contribution >= 4 is 21.7 Å². The molecular formula is C23H23NO6S. The first-order chi connectivity index (χ1) is 14.8. The second-order valence-corrected chi connectivity index (χ2v) is 10.4. The van der Waals surface area contributed by atoms with Crippen LogP contribution in [-0.2, 0) is 16.4 Å². The minimum atomic E-state index is -2.98. The van der Waals surface area contributed by atoms with Gasteiger partial charge in [0.25, 0.3) is 0 Å². The summed E-state index contributed by atoms with van der Waals surface area (Å²) in [5.41, 5.74) is 2.98. The molecule has 0 spiro atoms. The quantitative estimate of drug-likeness (QED) is 0.678. The second-order valence-electron chi connectivity index (χ2n) is 8.16. The molecule has 0 saturated carbocycles. The Hall–Kier alpha value is -2.84. The summed E-state index contributed by atoms with van der Waals surface area (Å²) in [7, 11) is -1.38. The summed E-state index contributed by atoms with van der Waals surface area (Å²) in [6.45, 7) is 2.76. The van der Waals surface area contributed by atoms with Crippen LogP contribution in [0.2, 0.25) is 0 Å². The van der Waals surface area contributed by atoms with Gasteiger partial charge in [-0.25, -0.2) is 8.42 Å². The number of carbonyl (C=O) groups is 1. The molecule has 2 aromatic rings. The van der Waals surface area contributed by atoms with Gasteiger partial charge in [0.2, 0.25) is 5.78 Å². The molecule has 5 rings (SSSR count). The van der Waals surface area contributed by atoms with Gasteiger partial charge in [0.1, 0.15) is 24.0 Å². The van der Waals surface area contributed by atoms with E-state index in [2.05, 4.69) is 0 Å². The van der Waals surface area contributed by atoms with Crippen molar-refractivity contribution in [1.82, 2.24) is 4.90 Å². The summed E-state index contributed by atoms with van der Waals surface area (Å²) < 4.78 is 40.9. The number of fused-ring (bicyclic) bond motifs is 2. The third-order valence-electron chi connectivity index (χ3n) is 6.08. The maximum Gasteiger partial charge on any atom is 0.231 e. The molecule has 31 heavy (non-hydrogen) atoms. The summed E-state index contributed by atoms with van der Waals surface area (Å²) in [5.74, 6) is 2.39. The van der Waals surface area contributed by atoms with Crippen LogP contribution < -0.4 is 14.2 Å². The Morgan fingerprint density at radius 1 is 1.23 bits per heavy atom. The molecule has 0 bridgehead atoms. The summed E-state index contributed by atoms with van der Waals surface area (Å²) >= 11 is 0. The van der Waals surface area contributed by atoms with Crippen LogP contribution in [0.5, 0.6) is 17.2 Å². The Balaban J connectivity index is 1.44. The fourth-order valence-corrected chi connectivity index (χ4v) is 6.21. The van der Waals surface area contributed by atoms with Crippen LogP contribution in [0.3, 0.4) is 0 Å². The average Bonchev–Trinajstić information content (AvgIpc) is 3.28. The van der Waals surface area contributed by atoms with Crippen LogP contribution in [0.15, 0.2) is 36.1 Å². The zero-order valence-corrected chi connectivity index (χ0v) is 18.2. The molecule has 3 heterocycles. The number of hydrogen-bond acceptors (Lipinski definition) is 7. The highest BCUT2D eigenvalue weighted by atomic mass is 32.2. The molecule has 2 aromatic carbocycles. The van der Waals surface area contributed by atoms with E-state index in [1.165, 1.54) is 0 Å². The standard InChI is InChI=1S/C23H23NO6S/c1-14-22-16(11-24(13-29-22)17-6-7-31(26,27)12-17)10-19-21(25)20(30-23(14)19)9-15-4-3-5-18(8-15)28-2/h3-5,8-10,17H,6-7,11-13H2,1-2H3/b20-9+/t17-/m1/s1. The van der Waals surface area contributed by atoms with Crippen LogP contribution in [-0.4, -0.2) is 50.5 Å². The predicted octanol–water partition coefficient (Wildman–Crippen LogP) is 2.96. The number of ketones is 1. The van der Waals surface area contributed by atoms with Crippen molar-refractivity contribution in [2.45, 2.75) is 25.9 Å². The number of benzene rings is 2. The van der Waals surface area contributed by atoms with Gasteiger partial charge < -0.3 is 14.2 Å². The predicted molar refractivity (Wildman–Crippen MR) is 115 cm³/mol. The van der Waals surface area contributed by atoms with E-state index in [1.807, 2.05) is 42.2 Å². The van der Waals surface area contributed by atoms with Crippen molar-refractivity contribution in [3.05, 3.63) is 58.3 Å². The average molecular weight is 442 g/mol. The van der Waals surface area contributed by atoms with Crippen molar-refractivity contribution in [2.24, 2.45) is 0 Å². The first-order valence-electron chi connectivity index (χ1n) is 10.2. The molecule has 0 aromatic heterocycles. The Morgan fingerprint density at radius 3 is 2.81 bits per heavy atom. The summed E-state index contributed by atoms with van der Waals surface area (Å²) in [6, 6.07) is 9.17. The van der Waals surface area contributed by atoms with Gasteiger partial charge in [-0.15, -0.1) is 0 Å². The highest BCUT2D eigenvalue weighted by Crippen LogP contribution is 2.43. The minimum absolute atomic E-state index is 0.0535. The topological polar surface area (TPSA) is 82.1 Å². The Bertz CT molecular complexity index is 1220. The lowest BCUT2D eigenvalue weighted by molar-refractivity contribution is 0.0637. The van der Waals surface area contributed by atoms with Crippen LogP contribution in [0.1, 0.15) is 33.5 Å². The van der Waals surface area contributed by atoms with E-state index in [9.17, 15) is 13.2 Å². The van der Waals surface area contributed by atoms with Gasteiger partial charge in [0.05, 0.1) is 24.2 Å². The molecule has 7 nitrogen and oxygen atoms in total. The van der Waals surface area contributed by atoms with Crippen molar-refractivity contribution < 1.29 is 27.4 Å². The molecule has 0 radical (unpaired) electrons. The van der Waals surface area contributed by atoms with E-state index in [0.29, 0.717) is 42.5 Å². The van der Waals surface area contributed by atoms with Gasteiger partial charge in [-0.3, -0.25) is 9.69 Å². The highest BCUT2D eigenvalue weighted by Gasteiger charge is 2.37. The minimum Gasteiger partial charge on any atom is -0.497 e. The summed E-state index contributed by atoms with van der Waals surface area (Å²) in [5, 5.41) is 0. The van der Waals surface area contributed by atoms with E-state index in [4.69, 9.17) is 14.2 Å². The SMILES string of the molecule is COc1cccc(/C=C2/Oc3c(cc4c(c3C)OCN([C@@H]3CCS(=O)(=O)C3)C4)C2=O)c1. The maximum atomic E-state index is 13.1. The molecule has 3 aliphatic heterocycles. The van der Waals surface area contributed by atoms with Gasteiger partial charge in [0, 0.05) is 23.7 Å². The van der Waals surface area contributed by atoms with Crippen molar-refractivity contribution in [1.29, 1.82) is 0 Å². The first kappa shape index (κ1) is 20.1. The smallest absolute Gasteiger partial charge is 0.231 e. The fraction of sp³-hybridized carbons (Fsp3) is 0.348. The van der Waals surface area contributed by atoms with E-state index in [1.54, 1.807) is 13.2 Å². The molecule has 162 valence electrons. The molecule has 1 atom stereocenters. The number of sulfone groups is 1. The Morgan fingerprint density at radius 2 is 2.06 bits per heavy atom. The summed E-state index contributed by atoms with van der Waals surface area (Å²) in [4.78, 5) is 15.1. The van der Waals surface area contributed by atoms with E-state index < -0.39 is 9.84 Å². The number of nitrogens with zero attached hydrogens (tertiary/aromatic N) is 1. The van der Waals surface area contributed by atoms with Gasteiger partial charge in [-0.05, 0) is 43.2 Å². The lowest BCUT2D eigenvalue weighted by atomic mass is 9.99. The largest absolute Gasteiger partial charge is 0.497 e. The molecule has 0 amide bonds. The van der Waals surface area contributed by atoms with Crippen LogP contribution in [0.4, 0.5) is 0 Å². The molecule has 1 saturated heterocycles. The number of hydrogen-bond donors (Lipinski definition) is 0. The lowest BCUT2D eigenvalue weighted by Crippen LogP contribution is -2.41.